The van der Waals surface area contributed by atoms with Crippen molar-refractivity contribution in [2.75, 3.05) is 26.4 Å². The maximum Gasteiger partial charge on any atom is 0.335 e. The van der Waals surface area contributed by atoms with Crippen LogP contribution in [-0.2, 0) is 12.8 Å². The quantitative estimate of drug-likeness (QED) is 0.0350. The van der Waals surface area contributed by atoms with Crippen molar-refractivity contribution >= 4 is 28.7 Å². The first kappa shape index (κ1) is 48.0. The number of unbranched alkanes of at least 4 members (excludes halogenated alkanes) is 10. The maximum atomic E-state index is 11.8. The minimum Gasteiger partial charge on any atom is -0.494 e. The van der Waals surface area contributed by atoms with Crippen molar-refractivity contribution in [3.8, 4) is 23.0 Å². The highest BCUT2D eigenvalue weighted by molar-refractivity contribution is 5.88. The Labute approximate surface area is 374 Å². The molecule has 0 unspecified atom stereocenters. The molecule has 10 heteroatoms. The van der Waals surface area contributed by atoms with E-state index < -0.39 is 5.97 Å². The van der Waals surface area contributed by atoms with Gasteiger partial charge in [0.05, 0.1) is 54.7 Å². The molecule has 0 aliphatic carbocycles. The largest absolute Gasteiger partial charge is 0.494 e. The minimum absolute atomic E-state index is 0.148. The van der Waals surface area contributed by atoms with Gasteiger partial charge in [-0.1, -0.05) is 63.8 Å². The Hall–Kier alpha value is -6.03. The van der Waals surface area contributed by atoms with Gasteiger partial charge in [0.25, 0.3) is 0 Å². The second-order valence-corrected chi connectivity index (χ2v) is 15.9. The molecule has 0 atom stereocenters. The molecule has 0 aromatic heterocycles. The van der Waals surface area contributed by atoms with Gasteiger partial charge < -0.3 is 24.1 Å². The summed E-state index contributed by atoms with van der Waals surface area (Å²) in [4.78, 5) is 11.8. The molecule has 10 nitrogen and oxygen atoms in total. The van der Waals surface area contributed by atoms with Gasteiger partial charge in [0.15, 0.2) is 0 Å². The monoisotopic (exact) mass is 854 g/mol. The van der Waals surface area contributed by atoms with E-state index in [9.17, 15) is 9.90 Å². The van der Waals surface area contributed by atoms with Crippen molar-refractivity contribution in [3.05, 3.63) is 132 Å². The second-order valence-electron chi connectivity index (χ2n) is 15.9. The number of carbonyl (C=O) groups is 1. The normalized spacial score (nSPS) is 11.3. The third-order valence-corrected chi connectivity index (χ3v) is 10.5. The van der Waals surface area contributed by atoms with Crippen LogP contribution in [0.3, 0.4) is 0 Å². The molecular formula is C53H66N4O6. The number of aryl methyl sites for hydroxylation is 2. The predicted octanol–water partition coefficient (Wildman–Crippen LogP) is 15.7. The van der Waals surface area contributed by atoms with Crippen molar-refractivity contribution < 1.29 is 28.8 Å². The molecule has 0 heterocycles. The molecule has 0 aliphatic heterocycles. The summed E-state index contributed by atoms with van der Waals surface area (Å²) < 4.78 is 23.7. The van der Waals surface area contributed by atoms with Crippen molar-refractivity contribution in [1.29, 1.82) is 0 Å². The Morgan fingerprint density at radius 3 is 1.03 bits per heavy atom. The lowest BCUT2D eigenvalue weighted by molar-refractivity contribution is 0.0695. The average molecular weight is 855 g/mol. The Bertz CT molecular complexity index is 1940. The summed E-state index contributed by atoms with van der Waals surface area (Å²) in [6.07, 6.45) is 17.1. The van der Waals surface area contributed by atoms with Gasteiger partial charge >= 0.3 is 5.97 Å². The SMILES string of the molecule is CCCCCc1ccc(N=Nc2ccc(OCCCCCCOc3cc(OCCCCCCOc4ccc(N=Nc5ccc(CCCCC)cc5)cc4)cc(C(=O)O)c3)cc2)cc1. The van der Waals surface area contributed by atoms with Gasteiger partial charge in [-0.25, -0.2) is 4.79 Å². The zero-order valence-electron chi connectivity index (χ0n) is 37.4. The fourth-order valence-corrected chi connectivity index (χ4v) is 6.80. The molecule has 63 heavy (non-hydrogen) atoms. The van der Waals surface area contributed by atoms with Crippen LogP contribution >= 0.6 is 0 Å². The number of nitrogens with zero attached hydrogens (tertiary/aromatic N) is 4. The predicted molar refractivity (Wildman–Crippen MR) is 253 cm³/mol. The summed E-state index contributed by atoms with van der Waals surface area (Å²) in [6, 6.07) is 36.8. The van der Waals surface area contributed by atoms with Gasteiger partial charge in [0.1, 0.15) is 23.0 Å². The van der Waals surface area contributed by atoms with Gasteiger partial charge in [-0.05, 0) is 173 Å². The summed E-state index contributed by atoms with van der Waals surface area (Å²) >= 11 is 0. The number of aromatic carboxylic acids is 1. The van der Waals surface area contributed by atoms with Crippen molar-refractivity contribution in [2.45, 2.75) is 117 Å². The van der Waals surface area contributed by atoms with E-state index in [1.54, 1.807) is 18.2 Å². The lowest BCUT2D eigenvalue weighted by atomic mass is 10.1. The Balaban J connectivity index is 0.889. The molecule has 1 N–H and O–H groups in total. The molecule has 0 radical (unpaired) electrons. The highest BCUT2D eigenvalue weighted by Gasteiger charge is 2.10. The minimum atomic E-state index is -1.01. The van der Waals surface area contributed by atoms with Crippen molar-refractivity contribution in [2.24, 2.45) is 20.5 Å². The topological polar surface area (TPSA) is 124 Å². The summed E-state index contributed by atoms with van der Waals surface area (Å²) in [5.41, 5.74) is 6.08. The van der Waals surface area contributed by atoms with E-state index in [2.05, 4.69) is 58.6 Å². The lowest BCUT2D eigenvalue weighted by Gasteiger charge is -2.11. The smallest absolute Gasteiger partial charge is 0.335 e. The summed E-state index contributed by atoms with van der Waals surface area (Å²) in [7, 11) is 0. The molecule has 0 spiro atoms. The third-order valence-electron chi connectivity index (χ3n) is 10.5. The molecule has 5 aromatic rings. The molecule has 0 aliphatic rings. The van der Waals surface area contributed by atoms with Gasteiger partial charge in [0.2, 0.25) is 0 Å². The highest BCUT2D eigenvalue weighted by atomic mass is 16.5. The van der Waals surface area contributed by atoms with Crippen LogP contribution < -0.4 is 18.9 Å². The van der Waals surface area contributed by atoms with E-state index in [1.165, 1.54) is 49.7 Å². The van der Waals surface area contributed by atoms with Gasteiger partial charge in [-0.15, -0.1) is 0 Å². The first-order valence-corrected chi connectivity index (χ1v) is 23.1. The Morgan fingerprint density at radius 2 is 0.714 bits per heavy atom. The van der Waals surface area contributed by atoms with Crippen LogP contribution in [0.4, 0.5) is 22.7 Å². The Kier molecular flexibility index (Phi) is 21.8. The molecule has 334 valence electrons. The number of ether oxygens (including phenoxy) is 4. The molecule has 0 saturated carbocycles. The van der Waals surface area contributed by atoms with E-state index in [-0.39, 0.29) is 5.56 Å². The number of rotatable bonds is 31. The van der Waals surface area contributed by atoms with E-state index in [0.717, 1.165) is 98.5 Å². The van der Waals surface area contributed by atoms with Gasteiger partial charge in [0, 0.05) is 6.07 Å². The van der Waals surface area contributed by atoms with Crippen molar-refractivity contribution in [1.82, 2.24) is 0 Å². The number of hydrogen-bond acceptors (Lipinski definition) is 9. The molecule has 5 rings (SSSR count). The zero-order chi connectivity index (χ0) is 44.2. The fourth-order valence-electron chi connectivity index (χ4n) is 6.80. The molecule has 5 aromatic carbocycles. The number of hydrogen-bond donors (Lipinski definition) is 1. The van der Waals surface area contributed by atoms with Crippen LogP contribution in [0.15, 0.2) is 136 Å². The number of benzene rings is 5. The molecule has 0 fully saturated rings. The summed E-state index contributed by atoms with van der Waals surface area (Å²) in [5.74, 6) is 1.61. The van der Waals surface area contributed by atoms with E-state index in [1.807, 2.05) is 72.8 Å². The van der Waals surface area contributed by atoms with Crippen LogP contribution in [0.1, 0.15) is 125 Å². The summed E-state index contributed by atoms with van der Waals surface area (Å²) in [5, 5.41) is 27.1. The lowest BCUT2D eigenvalue weighted by Crippen LogP contribution is -2.04. The highest BCUT2D eigenvalue weighted by Crippen LogP contribution is 2.26. The van der Waals surface area contributed by atoms with E-state index in [4.69, 9.17) is 18.9 Å². The molecular weight excluding hydrogens is 789 g/mol. The average Bonchev–Trinajstić information content (AvgIpc) is 3.31. The van der Waals surface area contributed by atoms with Crippen LogP contribution in [-0.4, -0.2) is 37.5 Å². The fraction of sp³-hybridized carbons (Fsp3) is 0.415. The maximum absolute atomic E-state index is 11.8. The summed E-state index contributed by atoms with van der Waals surface area (Å²) in [6.45, 7) is 6.68. The Morgan fingerprint density at radius 1 is 0.397 bits per heavy atom. The van der Waals surface area contributed by atoms with Gasteiger partial charge in [-0.2, -0.15) is 20.5 Å². The van der Waals surface area contributed by atoms with Crippen LogP contribution in [0.2, 0.25) is 0 Å². The third kappa shape index (κ3) is 19.3. The first-order chi connectivity index (χ1) is 31.0. The molecule has 0 amide bonds. The standard InChI is InChI=1S/C53H66N4O6/c1-3-5-11-17-42-19-23-45(24-20-42)54-56-47-27-31-49(32-28-47)60-35-13-7-9-15-37-62-51-39-44(53(58)59)40-52(41-51)63-38-16-10-8-14-36-61-50-33-29-48(30-34-50)57-55-46-25-21-43(22-26-46)18-12-6-4-2/h19-34,39-41H,3-18,35-38H2,1-2H3,(H,58,59). The molecule has 0 saturated heterocycles. The van der Waals surface area contributed by atoms with Crippen LogP contribution in [0, 0.1) is 0 Å². The van der Waals surface area contributed by atoms with Gasteiger partial charge in [-0.3, -0.25) is 0 Å². The van der Waals surface area contributed by atoms with Crippen molar-refractivity contribution in [3.63, 3.8) is 0 Å². The zero-order valence-corrected chi connectivity index (χ0v) is 37.4. The second kappa shape index (κ2) is 28.5. The number of carboxylic acids is 1. The molecule has 0 bridgehead atoms. The van der Waals surface area contributed by atoms with Crippen LogP contribution in [0.25, 0.3) is 0 Å². The number of azo groups is 2. The first-order valence-electron chi connectivity index (χ1n) is 23.1. The van der Waals surface area contributed by atoms with E-state index >= 15 is 0 Å². The number of carboxylic acid groups (broad SMARTS) is 1. The van der Waals surface area contributed by atoms with E-state index in [0.29, 0.717) is 37.9 Å². The van der Waals surface area contributed by atoms with Crippen LogP contribution in [0.5, 0.6) is 23.0 Å².